The van der Waals surface area contributed by atoms with Gasteiger partial charge in [0.25, 0.3) is 0 Å². The smallest absolute Gasteiger partial charge is 0.339 e. The highest BCUT2D eigenvalue weighted by atomic mass is 79.9. The van der Waals surface area contributed by atoms with Crippen molar-refractivity contribution in [2.24, 2.45) is 0 Å². The third-order valence-electron chi connectivity index (χ3n) is 3.93. The predicted octanol–water partition coefficient (Wildman–Crippen LogP) is 6.23. The summed E-state index contributed by atoms with van der Waals surface area (Å²) in [5.41, 5.74) is 1.59. The highest BCUT2D eigenvalue weighted by Gasteiger charge is 2.30. The van der Waals surface area contributed by atoms with Crippen LogP contribution in [-0.2, 0) is 12.6 Å². The molecular formula is C19H11BrF3N3OS. The van der Waals surface area contributed by atoms with Gasteiger partial charge in [0, 0.05) is 21.0 Å². The maximum absolute atomic E-state index is 12.7. The summed E-state index contributed by atoms with van der Waals surface area (Å²) < 4.78 is 44.2. The third kappa shape index (κ3) is 4.15. The van der Waals surface area contributed by atoms with E-state index in [1.165, 1.54) is 23.5 Å². The molecular weight excluding hydrogens is 455 g/mol. The summed E-state index contributed by atoms with van der Waals surface area (Å²) in [4.78, 5) is 8.84. The van der Waals surface area contributed by atoms with Gasteiger partial charge in [0.15, 0.2) is 0 Å². The van der Waals surface area contributed by atoms with Crippen molar-refractivity contribution in [3.05, 3.63) is 74.8 Å². The van der Waals surface area contributed by atoms with E-state index in [0.29, 0.717) is 17.9 Å². The molecule has 2 aromatic carbocycles. The average molecular weight is 466 g/mol. The maximum atomic E-state index is 12.7. The van der Waals surface area contributed by atoms with E-state index in [4.69, 9.17) is 4.52 Å². The lowest BCUT2D eigenvalue weighted by molar-refractivity contribution is -0.137. The van der Waals surface area contributed by atoms with Crippen LogP contribution in [0.25, 0.3) is 22.6 Å². The normalized spacial score (nSPS) is 11.7. The van der Waals surface area contributed by atoms with Crippen LogP contribution in [0.2, 0.25) is 0 Å². The molecule has 9 heteroatoms. The fourth-order valence-electron chi connectivity index (χ4n) is 2.53. The van der Waals surface area contributed by atoms with Gasteiger partial charge >= 0.3 is 6.18 Å². The van der Waals surface area contributed by atoms with Crippen molar-refractivity contribution in [3.63, 3.8) is 0 Å². The van der Waals surface area contributed by atoms with Crippen molar-refractivity contribution in [1.29, 1.82) is 0 Å². The van der Waals surface area contributed by atoms with Crippen LogP contribution >= 0.6 is 27.3 Å². The number of benzene rings is 2. The van der Waals surface area contributed by atoms with Crippen molar-refractivity contribution in [3.8, 4) is 22.6 Å². The molecule has 0 saturated carbocycles. The van der Waals surface area contributed by atoms with Gasteiger partial charge in [-0.3, -0.25) is 0 Å². The summed E-state index contributed by atoms with van der Waals surface area (Å²) in [5, 5.41) is 6.61. The molecule has 4 rings (SSSR count). The molecule has 0 amide bonds. The van der Waals surface area contributed by atoms with Gasteiger partial charge in [0.1, 0.15) is 5.01 Å². The molecule has 0 aliphatic carbocycles. The Labute approximate surface area is 170 Å². The SMILES string of the molecule is FC(F)(F)c1ccc(-c2noc(Cc3nc(-c4ccc(Br)cc4)cs3)n2)cc1. The molecule has 0 N–H and O–H groups in total. The van der Waals surface area contributed by atoms with Gasteiger partial charge < -0.3 is 4.52 Å². The van der Waals surface area contributed by atoms with E-state index in [9.17, 15) is 13.2 Å². The second-order valence-corrected chi connectivity index (χ2v) is 7.76. The minimum Gasteiger partial charge on any atom is -0.339 e. The summed E-state index contributed by atoms with van der Waals surface area (Å²) in [6.07, 6.45) is -4.02. The van der Waals surface area contributed by atoms with E-state index < -0.39 is 11.7 Å². The van der Waals surface area contributed by atoms with E-state index >= 15 is 0 Å². The molecule has 0 atom stereocenters. The van der Waals surface area contributed by atoms with Crippen molar-refractivity contribution in [2.75, 3.05) is 0 Å². The van der Waals surface area contributed by atoms with E-state index in [2.05, 4.69) is 31.1 Å². The quantitative estimate of drug-likeness (QED) is 0.358. The lowest BCUT2D eigenvalue weighted by Crippen LogP contribution is -2.04. The molecule has 0 aliphatic rings. The van der Waals surface area contributed by atoms with Crippen LogP contribution in [0.1, 0.15) is 16.5 Å². The lowest BCUT2D eigenvalue weighted by Gasteiger charge is -2.05. The number of hydrogen-bond acceptors (Lipinski definition) is 5. The number of alkyl halides is 3. The number of aromatic nitrogens is 3. The monoisotopic (exact) mass is 465 g/mol. The lowest BCUT2D eigenvalue weighted by atomic mass is 10.1. The van der Waals surface area contributed by atoms with E-state index in [1.54, 1.807) is 0 Å². The molecule has 4 aromatic rings. The standard InChI is InChI=1S/C19H11BrF3N3OS/c20-14-7-3-11(4-8-14)15-10-28-17(24-15)9-16-25-18(26-27-16)12-1-5-13(6-2-12)19(21,22)23/h1-8,10H,9H2. The van der Waals surface area contributed by atoms with Crippen LogP contribution < -0.4 is 0 Å². The largest absolute Gasteiger partial charge is 0.416 e. The number of thiazole rings is 1. The molecule has 0 fully saturated rings. The number of rotatable bonds is 4. The molecule has 0 bridgehead atoms. The molecule has 142 valence electrons. The first kappa shape index (κ1) is 18.8. The number of hydrogen-bond donors (Lipinski definition) is 0. The number of nitrogens with zero attached hydrogens (tertiary/aromatic N) is 3. The zero-order valence-corrected chi connectivity index (χ0v) is 16.5. The third-order valence-corrected chi connectivity index (χ3v) is 5.31. The summed E-state index contributed by atoms with van der Waals surface area (Å²) in [6, 6.07) is 12.5. The molecule has 4 nitrogen and oxygen atoms in total. The minimum atomic E-state index is -4.38. The Kier molecular flexibility index (Phi) is 5.03. The zero-order chi connectivity index (χ0) is 19.7. The van der Waals surface area contributed by atoms with E-state index in [-0.39, 0.29) is 5.82 Å². The fourth-order valence-corrected chi connectivity index (χ4v) is 3.59. The first-order valence-corrected chi connectivity index (χ1v) is 9.76. The van der Waals surface area contributed by atoms with Crippen molar-refractivity contribution >= 4 is 27.3 Å². The van der Waals surface area contributed by atoms with Crippen LogP contribution in [0.3, 0.4) is 0 Å². The molecule has 0 saturated heterocycles. The molecule has 2 heterocycles. The fraction of sp³-hybridized carbons (Fsp3) is 0.105. The van der Waals surface area contributed by atoms with Gasteiger partial charge in [-0.25, -0.2) is 4.98 Å². The van der Waals surface area contributed by atoms with Gasteiger partial charge in [-0.05, 0) is 24.3 Å². The Morgan fingerprint density at radius 2 is 1.61 bits per heavy atom. The summed E-state index contributed by atoms with van der Waals surface area (Å²) in [5.74, 6) is 0.597. The van der Waals surface area contributed by atoms with Gasteiger partial charge in [0.2, 0.25) is 11.7 Å². The van der Waals surface area contributed by atoms with Crippen LogP contribution in [0.5, 0.6) is 0 Å². The zero-order valence-electron chi connectivity index (χ0n) is 14.1. The maximum Gasteiger partial charge on any atom is 0.416 e. The highest BCUT2D eigenvalue weighted by Crippen LogP contribution is 2.30. The highest BCUT2D eigenvalue weighted by molar-refractivity contribution is 9.10. The Hall–Kier alpha value is -2.52. The van der Waals surface area contributed by atoms with Gasteiger partial charge in [-0.2, -0.15) is 18.2 Å². The van der Waals surface area contributed by atoms with E-state index in [0.717, 1.165) is 32.9 Å². The molecule has 0 radical (unpaired) electrons. The van der Waals surface area contributed by atoms with Crippen LogP contribution in [0.15, 0.2) is 62.9 Å². The second-order valence-electron chi connectivity index (χ2n) is 5.90. The van der Waals surface area contributed by atoms with Gasteiger partial charge in [-0.1, -0.05) is 45.4 Å². The summed E-state index contributed by atoms with van der Waals surface area (Å²) in [7, 11) is 0. The topological polar surface area (TPSA) is 51.8 Å². The Bertz CT molecular complexity index is 1090. The predicted molar refractivity (Wildman–Crippen MR) is 103 cm³/mol. The molecule has 0 unspecified atom stereocenters. The Morgan fingerprint density at radius 3 is 2.29 bits per heavy atom. The number of halogens is 4. The van der Waals surface area contributed by atoms with Crippen molar-refractivity contribution < 1.29 is 17.7 Å². The average Bonchev–Trinajstić information content (AvgIpc) is 3.32. The van der Waals surface area contributed by atoms with Crippen LogP contribution in [0, 0.1) is 0 Å². The van der Waals surface area contributed by atoms with E-state index in [1.807, 2.05) is 29.6 Å². The minimum absolute atomic E-state index is 0.244. The van der Waals surface area contributed by atoms with Crippen LogP contribution in [-0.4, -0.2) is 15.1 Å². The molecule has 0 aliphatic heterocycles. The molecule has 2 aromatic heterocycles. The molecule has 0 spiro atoms. The van der Waals surface area contributed by atoms with Crippen molar-refractivity contribution in [2.45, 2.75) is 12.6 Å². The van der Waals surface area contributed by atoms with Gasteiger partial charge in [-0.15, -0.1) is 11.3 Å². The first-order chi connectivity index (χ1) is 13.4. The Balaban J connectivity index is 1.49. The summed E-state index contributed by atoms with van der Waals surface area (Å²) in [6.45, 7) is 0. The first-order valence-electron chi connectivity index (χ1n) is 8.09. The van der Waals surface area contributed by atoms with Crippen molar-refractivity contribution in [1.82, 2.24) is 15.1 Å². The second kappa shape index (κ2) is 7.48. The van der Waals surface area contributed by atoms with Crippen LogP contribution in [0.4, 0.5) is 13.2 Å². The van der Waals surface area contributed by atoms with Gasteiger partial charge in [0.05, 0.1) is 17.7 Å². The molecule has 28 heavy (non-hydrogen) atoms. The summed E-state index contributed by atoms with van der Waals surface area (Å²) >= 11 is 4.88. The Morgan fingerprint density at radius 1 is 0.929 bits per heavy atom.